The average molecular weight is 298 g/mol. The predicted molar refractivity (Wildman–Crippen MR) is 67.5 cm³/mol. The number of nitrogens with zero attached hydrogens (tertiary/aromatic N) is 1. The Balaban J connectivity index is 2.27. The van der Waals surface area contributed by atoms with Crippen molar-refractivity contribution in [3.8, 4) is 0 Å². The van der Waals surface area contributed by atoms with E-state index in [9.17, 15) is 9.59 Å². The van der Waals surface area contributed by atoms with Gasteiger partial charge in [0.1, 0.15) is 0 Å². The van der Waals surface area contributed by atoms with Crippen LogP contribution in [0.4, 0.5) is 5.69 Å². The number of ether oxygens (including phenoxy) is 1. The number of amides is 1. The molecule has 17 heavy (non-hydrogen) atoms. The smallest absolute Gasteiger partial charge is 0.337 e. The van der Waals surface area contributed by atoms with E-state index in [4.69, 9.17) is 0 Å². The summed E-state index contributed by atoms with van der Waals surface area (Å²) in [5.74, 6) is -0.331. The van der Waals surface area contributed by atoms with Crippen molar-refractivity contribution in [2.45, 2.75) is 11.2 Å². The lowest BCUT2D eigenvalue weighted by molar-refractivity contribution is -0.117. The first-order valence-corrected chi connectivity index (χ1v) is 6.16. The Morgan fingerprint density at radius 2 is 2.29 bits per heavy atom. The van der Waals surface area contributed by atoms with Crippen molar-refractivity contribution in [1.82, 2.24) is 0 Å². The van der Waals surface area contributed by atoms with Gasteiger partial charge in [0.05, 0.1) is 12.7 Å². The summed E-state index contributed by atoms with van der Waals surface area (Å²) < 4.78 is 4.65. The van der Waals surface area contributed by atoms with Gasteiger partial charge in [0, 0.05) is 23.5 Å². The van der Waals surface area contributed by atoms with E-state index >= 15 is 0 Å². The van der Waals surface area contributed by atoms with Crippen LogP contribution in [0.15, 0.2) is 24.3 Å². The Kier molecular flexibility index (Phi) is 3.47. The quantitative estimate of drug-likeness (QED) is 0.619. The van der Waals surface area contributed by atoms with Crippen LogP contribution >= 0.6 is 15.9 Å². The molecule has 0 saturated carbocycles. The number of esters is 1. The van der Waals surface area contributed by atoms with Gasteiger partial charge in [-0.1, -0.05) is 22.0 Å². The summed E-state index contributed by atoms with van der Waals surface area (Å²) >= 11 is 3.42. The molecule has 0 radical (unpaired) electrons. The third-order valence-corrected chi connectivity index (χ3v) is 3.27. The Hall–Kier alpha value is -1.36. The van der Waals surface area contributed by atoms with Gasteiger partial charge in [0.2, 0.25) is 5.91 Å². The maximum atomic E-state index is 11.7. The van der Waals surface area contributed by atoms with E-state index in [0.29, 0.717) is 18.5 Å². The van der Waals surface area contributed by atoms with E-state index in [2.05, 4.69) is 20.7 Å². The zero-order valence-corrected chi connectivity index (χ0v) is 10.9. The maximum Gasteiger partial charge on any atom is 0.337 e. The Bertz CT molecular complexity index is 461. The number of rotatable bonds is 2. The largest absolute Gasteiger partial charge is 0.465 e. The summed E-state index contributed by atoms with van der Waals surface area (Å²) in [6.07, 6.45) is 0.489. The van der Waals surface area contributed by atoms with Crippen LogP contribution in [0.3, 0.4) is 0 Å². The molecule has 1 aromatic carbocycles. The Morgan fingerprint density at radius 1 is 1.53 bits per heavy atom. The van der Waals surface area contributed by atoms with Gasteiger partial charge in [-0.2, -0.15) is 0 Å². The number of halogens is 1. The van der Waals surface area contributed by atoms with Crippen LogP contribution in [0.1, 0.15) is 16.8 Å². The molecule has 1 unspecified atom stereocenters. The topological polar surface area (TPSA) is 46.6 Å². The van der Waals surface area contributed by atoms with Crippen LogP contribution in [0.25, 0.3) is 0 Å². The van der Waals surface area contributed by atoms with Crippen molar-refractivity contribution in [2.75, 3.05) is 18.6 Å². The lowest BCUT2D eigenvalue weighted by Gasteiger charge is -2.16. The molecule has 0 spiro atoms. The molecule has 2 rings (SSSR count). The van der Waals surface area contributed by atoms with Gasteiger partial charge in [-0.15, -0.1) is 0 Å². The van der Waals surface area contributed by atoms with Crippen LogP contribution < -0.4 is 4.90 Å². The molecular weight excluding hydrogens is 286 g/mol. The first kappa shape index (κ1) is 12.1. The highest BCUT2D eigenvalue weighted by atomic mass is 79.9. The van der Waals surface area contributed by atoms with Gasteiger partial charge < -0.3 is 9.64 Å². The summed E-state index contributed by atoms with van der Waals surface area (Å²) in [5, 5.41) is 0. The average Bonchev–Trinajstić information content (AvgIpc) is 2.67. The highest BCUT2D eigenvalue weighted by Gasteiger charge is 2.29. The van der Waals surface area contributed by atoms with Crippen molar-refractivity contribution in [3.63, 3.8) is 0 Å². The molecule has 1 heterocycles. The molecule has 90 valence electrons. The minimum atomic E-state index is -0.395. The molecule has 1 amide bonds. The van der Waals surface area contributed by atoms with Crippen LogP contribution in [0, 0.1) is 0 Å². The molecule has 1 atom stereocenters. The fourth-order valence-electron chi connectivity index (χ4n) is 1.83. The molecular formula is C12H12BrNO3. The molecule has 0 aromatic heterocycles. The van der Waals surface area contributed by atoms with Gasteiger partial charge in [-0.3, -0.25) is 4.79 Å². The Morgan fingerprint density at radius 3 is 2.88 bits per heavy atom. The third kappa shape index (κ3) is 2.49. The van der Waals surface area contributed by atoms with Crippen molar-refractivity contribution < 1.29 is 14.3 Å². The normalized spacial score (nSPS) is 19.5. The van der Waals surface area contributed by atoms with Gasteiger partial charge in [-0.05, 0) is 18.2 Å². The number of alkyl halides is 1. The van der Waals surface area contributed by atoms with Gasteiger partial charge >= 0.3 is 5.97 Å². The highest BCUT2D eigenvalue weighted by molar-refractivity contribution is 9.09. The molecule has 1 saturated heterocycles. The number of hydrogen-bond donors (Lipinski definition) is 0. The molecule has 4 nitrogen and oxygen atoms in total. The fraction of sp³-hybridized carbons (Fsp3) is 0.333. The Labute approximate surface area is 108 Å². The van der Waals surface area contributed by atoms with E-state index in [0.717, 1.165) is 5.69 Å². The maximum absolute atomic E-state index is 11.7. The fourth-order valence-corrected chi connectivity index (χ4v) is 2.40. The van der Waals surface area contributed by atoms with Crippen molar-refractivity contribution in [1.29, 1.82) is 0 Å². The minimum absolute atomic E-state index is 0.0638. The third-order valence-electron chi connectivity index (χ3n) is 2.66. The molecule has 0 aliphatic carbocycles. The second kappa shape index (κ2) is 4.87. The number of carbonyl (C=O) groups is 2. The summed E-state index contributed by atoms with van der Waals surface area (Å²) in [4.78, 5) is 25.0. The van der Waals surface area contributed by atoms with E-state index in [1.54, 1.807) is 23.1 Å². The molecule has 5 heteroatoms. The number of anilines is 1. The molecule has 1 aromatic rings. The lowest BCUT2D eigenvalue weighted by atomic mass is 10.2. The molecule has 1 aliphatic rings. The molecule has 1 aliphatic heterocycles. The summed E-state index contributed by atoms with van der Waals surface area (Å²) in [6.45, 7) is 0.628. The first-order chi connectivity index (χ1) is 8.11. The van der Waals surface area contributed by atoms with Crippen molar-refractivity contribution in [3.05, 3.63) is 29.8 Å². The minimum Gasteiger partial charge on any atom is -0.465 e. The molecule has 0 bridgehead atoms. The first-order valence-electron chi connectivity index (χ1n) is 5.24. The number of methoxy groups -OCH3 is 1. The summed E-state index contributed by atoms with van der Waals surface area (Å²) in [5.41, 5.74) is 1.19. The number of carbonyl (C=O) groups excluding carboxylic acids is 2. The second-order valence-electron chi connectivity index (χ2n) is 3.85. The highest BCUT2D eigenvalue weighted by Crippen LogP contribution is 2.25. The van der Waals surface area contributed by atoms with Crippen LogP contribution in [-0.4, -0.2) is 30.4 Å². The second-order valence-corrected chi connectivity index (χ2v) is 5.14. The van der Waals surface area contributed by atoms with Gasteiger partial charge in [-0.25, -0.2) is 4.79 Å². The van der Waals surface area contributed by atoms with E-state index in [1.165, 1.54) is 7.11 Å². The summed E-state index contributed by atoms with van der Waals surface area (Å²) in [7, 11) is 1.34. The molecule has 1 fully saturated rings. The van der Waals surface area contributed by atoms with Crippen LogP contribution in [0.5, 0.6) is 0 Å². The van der Waals surface area contributed by atoms with E-state index in [1.807, 2.05) is 6.07 Å². The van der Waals surface area contributed by atoms with Crippen molar-refractivity contribution in [2.24, 2.45) is 0 Å². The SMILES string of the molecule is COC(=O)c1cccc(N2CC(Br)CC2=O)c1. The van der Waals surface area contributed by atoms with Crippen LogP contribution in [-0.2, 0) is 9.53 Å². The van der Waals surface area contributed by atoms with Crippen LogP contribution in [0.2, 0.25) is 0 Å². The van der Waals surface area contributed by atoms with Gasteiger partial charge in [0.25, 0.3) is 0 Å². The van der Waals surface area contributed by atoms with Gasteiger partial charge in [0.15, 0.2) is 0 Å². The monoisotopic (exact) mass is 297 g/mol. The zero-order valence-electron chi connectivity index (χ0n) is 9.35. The lowest BCUT2D eigenvalue weighted by Crippen LogP contribution is -2.24. The number of hydrogen-bond acceptors (Lipinski definition) is 3. The van der Waals surface area contributed by atoms with Crippen molar-refractivity contribution >= 4 is 33.5 Å². The number of benzene rings is 1. The zero-order chi connectivity index (χ0) is 12.4. The molecule has 0 N–H and O–H groups in total. The predicted octanol–water partition coefficient (Wildman–Crippen LogP) is 1.97. The van der Waals surface area contributed by atoms with E-state index in [-0.39, 0.29) is 10.7 Å². The standard InChI is InChI=1S/C12H12BrNO3/c1-17-12(16)8-3-2-4-10(5-8)14-7-9(13)6-11(14)15/h2-5,9H,6-7H2,1H3. The summed E-state index contributed by atoms with van der Waals surface area (Å²) in [6, 6.07) is 6.90. The van der Waals surface area contributed by atoms with E-state index < -0.39 is 5.97 Å².